The van der Waals surface area contributed by atoms with Gasteiger partial charge in [0.1, 0.15) is 23.9 Å². The minimum atomic E-state index is -4.36. The van der Waals surface area contributed by atoms with Gasteiger partial charge in [0.2, 0.25) is 0 Å². The minimum absolute atomic E-state index is 0.0341. The van der Waals surface area contributed by atoms with Crippen molar-refractivity contribution >= 4 is 33.5 Å². The Hall–Kier alpha value is -1.90. The highest BCUT2D eigenvalue weighted by atomic mass is 35.5. The van der Waals surface area contributed by atoms with Gasteiger partial charge in [-0.1, -0.05) is 17.7 Å². The van der Waals surface area contributed by atoms with Gasteiger partial charge in [0, 0.05) is 25.0 Å². The normalized spacial score (nSPS) is 23.1. The lowest BCUT2D eigenvalue weighted by Gasteiger charge is -2.17. The van der Waals surface area contributed by atoms with Crippen molar-refractivity contribution in [3.63, 3.8) is 0 Å². The number of hydrogen-bond donors (Lipinski definition) is 1. The van der Waals surface area contributed by atoms with Crippen LogP contribution in [-0.2, 0) is 13.1 Å². The van der Waals surface area contributed by atoms with Gasteiger partial charge in [0.25, 0.3) is 0 Å². The van der Waals surface area contributed by atoms with Crippen LogP contribution in [0.2, 0.25) is 5.15 Å². The maximum Gasteiger partial charge on any atom is 0.406 e. The molecular formula is C19H19ClF3N5. The van der Waals surface area contributed by atoms with Gasteiger partial charge >= 0.3 is 6.18 Å². The van der Waals surface area contributed by atoms with Crippen LogP contribution in [-0.4, -0.2) is 51.8 Å². The Balaban J connectivity index is 1.54. The zero-order chi connectivity index (χ0) is 19.5. The number of alkyl halides is 3. The first-order valence-corrected chi connectivity index (χ1v) is 9.68. The van der Waals surface area contributed by atoms with Crippen LogP contribution in [0.5, 0.6) is 0 Å². The second-order valence-electron chi connectivity index (χ2n) is 7.79. The first kappa shape index (κ1) is 18.1. The lowest BCUT2D eigenvalue weighted by atomic mass is 10.0. The fraction of sp³-hybridized carbons (Fsp3) is 0.474. The Morgan fingerprint density at radius 3 is 2.61 bits per heavy atom. The molecule has 0 spiro atoms. The van der Waals surface area contributed by atoms with Gasteiger partial charge in [-0.2, -0.15) is 13.2 Å². The summed E-state index contributed by atoms with van der Waals surface area (Å²) in [6.45, 7) is 3.91. The van der Waals surface area contributed by atoms with Crippen LogP contribution in [0, 0.1) is 11.8 Å². The van der Waals surface area contributed by atoms with E-state index >= 15 is 0 Å². The molecule has 2 aromatic heterocycles. The molecule has 2 atom stereocenters. The number of aromatic nitrogens is 3. The van der Waals surface area contributed by atoms with E-state index in [1.165, 1.54) is 10.9 Å². The summed E-state index contributed by atoms with van der Waals surface area (Å²) in [5.74, 6) is 1.40. The molecule has 2 fully saturated rings. The average molecular weight is 410 g/mol. The summed E-state index contributed by atoms with van der Waals surface area (Å²) >= 11 is 6.14. The first-order chi connectivity index (χ1) is 13.4. The van der Waals surface area contributed by atoms with E-state index < -0.39 is 12.7 Å². The third-order valence-corrected chi connectivity index (χ3v) is 6.14. The Labute approximate surface area is 164 Å². The molecule has 3 aromatic rings. The van der Waals surface area contributed by atoms with Crippen LogP contribution in [0.25, 0.3) is 21.9 Å². The summed E-state index contributed by atoms with van der Waals surface area (Å²) in [6.07, 6.45) is -3.07. The summed E-state index contributed by atoms with van der Waals surface area (Å²) in [5, 5.41) is 4.15. The topological polar surface area (TPSA) is 46.0 Å². The number of likely N-dealkylation sites (tertiary alicyclic amines) is 1. The van der Waals surface area contributed by atoms with Crippen molar-refractivity contribution in [2.24, 2.45) is 11.8 Å². The van der Waals surface area contributed by atoms with E-state index in [1.807, 2.05) is 12.1 Å². The third-order valence-electron chi connectivity index (χ3n) is 5.86. The number of nitrogens with one attached hydrogen (secondary N) is 1. The molecule has 5 nitrogen and oxygen atoms in total. The molecule has 1 aromatic carbocycles. The standard InChI is InChI=1S/C19H19ClF3N5/c20-18-17-16(25-10-26-18)14-3-11(1-2-15(14)28(17)9-19(21,22)23)6-27-7-12-4-24-5-13(12)8-27/h1-3,10,12-13,24H,4-9H2/t12-,13+. The van der Waals surface area contributed by atoms with Crippen LogP contribution >= 0.6 is 11.6 Å². The van der Waals surface area contributed by atoms with Gasteiger partial charge < -0.3 is 9.88 Å². The highest BCUT2D eigenvalue weighted by Gasteiger charge is 2.36. The number of rotatable bonds is 3. The summed E-state index contributed by atoms with van der Waals surface area (Å²) in [6, 6.07) is 5.59. The van der Waals surface area contributed by atoms with Crippen molar-refractivity contribution in [2.45, 2.75) is 19.3 Å². The zero-order valence-corrected chi connectivity index (χ0v) is 15.8. The van der Waals surface area contributed by atoms with E-state index in [1.54, 1.807) is 6.07 Å². The molecule has 2 saturated heterocycles. The van der Waals surface area contributed by atoms with Gasteiger partial charge in [0.15, 0.2) is 5.15 Å². The van der Waals surface area contributed by atoms with E-state index in [-0.39, 0.29) is 10.7 Å². The Bertz CT molecular complexity index is 1040. The van der Waals surface area contributed by atoms with E-state index in [4.69, 9.17) is 11.6 Å². The number of halogens is 4. The van der Waals surface area contributed by atoms with Gasteiger partial charge in [-0.3, -0.25) is 4.90 Å². The van der Waals surface area contributed by atoms with E-state index in [2.05, 4.69) is 20.2 Å². The van der Waals surface area contributed by atoms with E-state index in [0.29, 0.717) is 28.3 Å². The molecule has 0 aliphatic carbocycles. The summed E-state index contributed by atoms with van der Waals surface area (Å²) < 4.78 is 40.6. The molecule has 0 radical (unpaired) electrons. The minimum Gasteiger partial charge on any atom is -0.327 e. The predicted molar refractivity (Wildman–Crippen MR) is 101 cm³/mol. The Morgan fingerprint density at radius 1 is 1.14 bits per heavy atom. The second kappa shape index (κ2) is 6.57. The lowest BCUT2D eigenvalue weighted by Crippen LogP contribution is -2.25. The molecule has 4 heterocycles. The number of nitrogens with zero attached hydrogens (tertiary/aromatic N) is 4. The fourth-order valence-corrected chi connectivity index (χ4v) is 4.94. The van der Waals surface area contributed by atoms with Crippen molar-refractivity contribution < 1.29 is 13.2 Å². The smallest absolute Gasteiger partial charge is 0.327 e. The van der Waals surface area contributed by atoms with Crippen LogP contribution in [0.15, 0.2) is 24.5 Å². The molecule has 1 N–H and O–H groups in total. The van der Waals surface area contributed by atoms with Crippen molar-refractivity contribution in [1.82, 2.24) is 24.8 Å². The second-order valence-corrected chi connectivity index (χ2v) is 8.15. The number of benzene rings is 1. The van der Waals surface area contributed by atoms with Crippen LogP contribution < -0.4 is 5.32 Å². The van der Waals surface area contributed by atoms with Crippen molar-refractivity contribution in [3.05, 3.63) is 35.2 Å². The van der Waals surface area contributed by atoms with Crippen molar-refractivity contribution in [2.75, 3.05) is 26.2 Å². The largest absolute Gasteiger partial charge is 0.406 e. The summed E-state index contributed by atoms with van der Waals surface area (Å²) in [4.78, 5) is 10.5. The van der Waals surface area contributed by atoms with Crippen LogP contribution in [0.3, 0.4) is 0 Å². The third kappa shape index (κ3) is 3.13. The maximum atomic E-state index is 13.2. The predicted octanol–water partition coefficient (Wildman–Crippen LogP) is 3.45. The Kier molecular flexibility index (Phi) is 4.26. The van der Waals surface area contributed by atoms with Crippen LogP contribution in [0.4, 0.5) is 13.2 Å². The molecule has 28 heavy (non-hydrogen) atoms. The SMILES string of the molecule is FC(F)(F)Cn1c2ccc(CN3C[C@H]4CNC[C@H]4C3)cc2c2ncnc(Cl)c21. The first-order valence-electron chi connectivity index (χ1n) is 9.30. The highest BCUT2D eigenvalue weighted by molar-refractivity contribution is 6.34. The van der Waals surface area contributed by atoms with Gasteiger partial charge in [-0.25, -0.2) is 9.97 Å². The molecule has 0 bridgehead atoms. The molecule has 0 unspecified atom stereocenters. The number of hydrogen-bond acceptors (Lipinski definition) is 4. The van der Waals surface area contributed by atoms with Gasteiger partial charge in [0.05, 0.1) is 5.52 Å². The fourth-order valence-electron chi connectivity index (χ4n) is 4.70. The molecule has 2 aliphatic heterocycles. The molecule has 0 amide bonds. The van der Waals surface area contributed by atoms with E-state index in [0.717, 1.165) is 38.3 Å². The monoisotopic (exact) mass is 409 g/mol. The van der Waals surface area contributed by atoms with Gasteiger partial charge in [-0.15, -0.1) is 0 Å². The zero-order valence-electron chi connectivity index (χ0n) is 15.0. The summed E-state index contributed by atoms with van der Waals surface area (Å²) in [5.41, 5.74) is 2.24. The van der Waals surface area contributed by atoms with Crippen molar-refractivity contribution in [1.29, 1.82) is 0 Å². The van der Waals surface area contributed by atoms with Crippen LogP contribution in [0.1, 0.15) is 5.56 Å². The maximum absolute atomic E-state index is 13.2. The highest BCUT2D eigenvalue weighted by Crippen LogP contribution is 2.35. The van der Waals surface area contributed by atoms with E-state index in [9.17, 15) is 13.2 Å². The average Bonchev–Trinajstić information content (AvgIpc) is 3.27. The summed E-state index contributed by atoms with van der Waals surface area (Å²) in [7, 11) is 0. The Morgan fingerprint density at radius 2 is 1.89 bits per heavy atom. The van der Waals surface area contributed by atoms with Crippen molar-refractivity contribution in [3.8, 4) is 0 Å². The molecule has 9 heteroatoms. The molecular weight excluding hydrogens is 391 g/mol. The lowest BCUT2D eigenvalue weighted by molar-refractivity contribution is -0.139. The molecule has 5 rings (SSSR count). The molecule has 148 valence electrons. The molecule has 0 saturated carbocycles. The number of fused-ring (bicyclic) bond motifs is 4. The molecule has 2 aliphatic rings. The van der Waals surface area contributed by atoms with Gasteiger partial charge in [-0.05, 0) is 42.6 Å². The quantitative estimate of drug-likeness (QED) is 0.673.